The van der Waals surface area contributed by atoms with Crippen LogP contribution < -0.4 is 5.73 Å². The third kappa shape index (κ3) is 1.20. The molecule has 0 spiro atoms. The molecule has 3 rings (SSSR count). The molecule has 0 amide bonds. The predicted octanol–water partition coefficient (Wildman–Crippen LogP) is 1.99. The Morgan fingerprint density at radius 2 is 2.25 bits per heavy atom. The third-order valence-corrected chi connectivity index (χ3v) is 3.98. The van der Waals surface area contributed by atoms with E-state index in [0.29, 0.717) is 11.7 Å². The quantitative estimate of drug-likeness (QED) is 0.784. The van der Waals surface area contributed by atoms with E-state index in [4.69, 9.17) is 17.3 Å². The van der Waals surface area contributed by atoms with Gasteiger partial charge in [-0.1, -0.05) is 18.0 Å². The predicted molar refractivity (Wildman–Crippen MR) is 63.5 cm³/mol. The van der Waals surface area contributed by atoms with E-state index in [1.807, 2.05) is 6.20 Å². The highest BCUT2D eigenvalue weighted by molar-refractivity contribution is 6.34. The Morgan fingerprint density at radius 1 is 1.44 bits per heavy atom. The lowest BCUT2D eigenvalue weighted by atomic mass is 9.64. The van der Waals surface area contributed by atoms with Gasteiger partial charge in [0.15, 0.2) is 0 Å². The Hall–Kier alpha value is -1.13. The maximum absolute atomic E-state index is 6.14. The fraction of sp³-hybridized carbons (Fsp3) is 0.455. The molecule has 4 nitrogen and oxygen atoms in total. The first kappa shape index (κ1) is 10.1. The molecule has 1 aliphatic carbocycles. The summed E-state index contributed by atoms with van der Waals surface area (Å²) in [4.78, 5) is 11.4. The number of aromatic nitrogens is 3. The SMILES string of the molecule is NCC1(c2c[nH]c3ncnc(Cl)c23)CCC1. The normalized spacial score (nSPS) is 18.6. The molecule has 1 fully saturated rings. The lowest BCUT2D eigenvalue weighted by molar-refractivity contribution is 0.255. The van der Waals surface area contributed by atoms with Crippen LogP contribution in [0.15, 0.2) is 12.5 Å². The molecule has 0 saturated heterocycles. The summed E-state index contributed by atoms with van der Waals surface area (Å²) < 4.78 is 0. The number of hydrogen-bond donors (Lipinski definition) is 2. The fourth-order valence-corrected chi connectivity index (χ4v) is 2.77. The maximum Gasteiger partial charge on any atom is 0.142 e. The van der Waals surface area contributed by atoms with Gasteiger partial charge < -0.3 is 10.7 Å². The van der Waals surface area contributed by atoms with Crippen molar-refractivity contribution in [3.05, 3.63) is 23.2 Å². The Bertz CT molecular complexity index is 524. The number of fused-ring (bicyclic) bond motifs is 1. The standard InChI is InChI=1S/C11H13ClN4/c12-9-8-7(11(5-13)2-1-3-11)4-14-10(8)16-6-15-9/h4,6H,1-3,5,13H2,(H,14,15,16). The van der Waals surface area contributed by atoms with Crippen molar-refractivity contribution >= 4 is 22.6 Å². The lowest BCUT2D eigenvalue weighted by Crippen LogP contribution is -2.41. The average Bonchev–Trinajstić information content (AvgIpc) is 2.63. The average molecular weight is 237 g/mol. The molecule has 3 N–H and O–H groups in total. The van der Waals surface area contributed by atoms with E-state index in [0.717, 1.165) is 23.9 Å². The van der Waals surface area contributed by atoms with Crippen molar-refractivity contribution < 1.29 is 0 Å². The molecule has 1 aliphatic rings. The van der Waals surface area contributed by atoms with Crippen LogP contribution in [0, 0.1) is 0 Å². The molecular weight excluding hydrogens is 224 g/mol. The van der Waals surface area contributed by atoms with Crippen LogP contribution in [0.3, 0.4) is 0 Å². The van der Waals surface area contributed by atoms with E-state index < -0.39 is 0 Å². The minimum atomic E-state index is 0.0899. The van der Waals surface area contributed by atoms with Crippen molar-refractivity contribution in [1.29, 1.82) is 0 Å². The van der Waals surface area contributed by atoms with Gasteiger partial charge in [0.25, 0.3) is 0 Å². The summed E-state index contributed by atoms with van der Waals surface area (Å²) in [6.07, 6.45) is 6.94. The van der Waals surface area contributed by atoms with Gasteiger partial charge in [-0.2, -0.15) is 0 Å². The molecule has 0 aliphatic heterocycles. The molecule has 0 atom stereocenters. The van der Waals surface area contributed by atoms with Gasteiger partial charge in [0.1, 0.15) is 17.1 Å². The first-order valence-electron chi connectivity index (χ1n) is 5.45. The second-order valence-electron chi connectivity index (χ2n) is 4.43. The summed E-state index contributed by atoms with van der Waals surface area (Å²) >= 11 is 6.14. The smallest absolute Gasteiger partial charge is 0.142 e. The molecule has 0 bridgehead atoms. The largest absolute Gasteiger partial charge is 0.346 e. The summed E-state index contributed by atoms with van der Waals surface area (Å²) in [6, 6.07) is 0. The number of halogens is 1. The second kappa shape index (κ2) is 3.43. The highest BCUT2D eigenvalue weighted by Gasteiger charge is 2.39. The zero-order valence-corrected chi connectivity index (χ0v) is 9.59. The minimum absolute atomic E-state index is 0.0899. The molecular formula is C11H13ClN4. The van der Waals surface area contributed by atoms with Crippen molar-refractivity contribution in [2.45, 2.75) is 24.7 Å². The summed E-state index contributed by atoms with van der Waals surface area (Å²) in [5.41, 5.74) is 7.98. The molecule has 84 valence electrons. The zero-order chi connectivity index (χ0) is 11.2. The van der Waals surface area contributed by atoms with Gasteiger partial charge in [-0.05, 0) is 18.4 Å². The van der Waals surface area contributed by atoms with Crippen LogP contribution in [0.2, 0.25) is 5.15 Å². The number of nitrogens with one attached hydrogen (secondary N) is 1. The van der Waals surface area contributed by atoms with Crippen molar-refractivity contribution in [1.82, 2.24) is 15.0 Å². The Morgan fingerprint density at radius 3 is 2.88 bits per heavy atom. The van der Waals surface area contributed by atoms with Gasteiger partial charge >= 0.3 is 0 Å². The van der Waals surface area contributed by atoms with Crippen LogP contribution >= 0.6 is 11.6 Å². The number of nitrogens with two attached hydrogens (primary N) is 1. The van der Waals surface area contributed by atoms with Crippen LogP contribution in [0.5, 0.6) is 0 Å². The molecule has 0 unspecified atom stereocenters. The lowest BCUT2D eigenvalue weighted by Gasteiger charge is -2.41. The van der Waals surface area contributed by atoms with E-state index in [1.54, 1.807) is 0 Å². The van der Waals surface area contributed by atoms with E-state index >= 15 is 0 Å². The molecule has 2 heterocycles. The van der Waals surface area contributed by atoms with Crippen LogP contribution in [0.4, 0.5) is 0 Å². The van der Waals surface area contributed by atoms with Crippen molar-refractivity contribution in [3.8, 4) is 0 Å². The van der Waals surface area contributed by atoms with Gasteiger partial charge in [-0.25, -0.2) is 9.97 Å². The molecule has 2 aromatic rings. The van der Waals surface area contributed by atoms with Gasteiger partial charge in [0.2, 0.25) is 0 Å². The Balaban J connectivity index is 2.24. The van der Waals surface area contributed by atoms with Gasteiger partial charge in [0.05, 0.1) is 5.39 Å². The van der Waals surface area contributed by atoms with Crippen LogP contribution in [0.1, 0.15) is 24.8 Å². The first-order valence-corrected chi connectivity index (χ1v) is 5.83. The highest BCUT2D eigenvalue weighted by atomic mass is 35.5. The third-order valence-electron chi connectivity index (χ3n) is 3.70. The topological polar surface area (TPSA) is 67.6 Å². The van der Waals surface area contributed by atoms with Crippen molar-refractivity contribution in [2.75, 3.05) is 6.54 Å². The monoisotopic (exact) mass is 236 g/mol. The van der Waals surface area contributed by atoms with Gasteiger partial charge in [-0.3, -0.25) is 0 Å². The second-order valence-corrected chi connectivity index (χ2v) is 4.79. The molecule has 5 heteroatoms. The number of rotatable bonds is 2. The fourth-order valence-electron chi connectivity index (χ4n) is 2.53. The van der Waals surface area contributed by atoms with E-state index in [-0.39, 0.29) is 5.41 Å². The van der Waals surface area contributed by atoms with Gasteiger partial charge in [-0.15, -0.1) is 0 Å². The summed E-state index contributed by atoms with van der Waals surface area (Å²) in [5, 5.41) is 1.45. The molecule has 0 aromatic carbocycles. The van der Waals surface area contributed by atoms with Gasteiger partial charge in [0, 0.05) is 18.2 Å². The highest BCUT2D eigenvalue weighted by Crippen LogP contribution is 2.46. The number of H-pyrrole nitrogens is 1. The molecule has 0 radical (unpaired) electrons. The first-order chi connectivity index (χ1) is 7.77. The number of aromatic amines is 1. The molecule has 16 heavy (non-hydrogen) atoms. The number of hydrogen-bond acceptors (Lipinski definition) is 3. The summed E-state index contributed by atoms with van der Waals surface area (Å²) in [6.45, 7) is 0.658. The zero-order valence-electron chi connectivity index (χ0n) is 8.83. The summed E-state index contributed by atoms with van der Waals surface area (Å²) in [7, 11) is 0. The maximum atomic E-state index is 6.14. The van der Waals surface area contributed by atoms with Crippen molar-refractivity contribution in [2.24, 2.45) is 5.73 Å². The number of nitrogens with zero attached hydrogens (tertiary/aromatic N) is 2. The molecule has 2 aromatic heterocycles. The minimum Gasteiger partial charge on any atom is -0.346 e. The van der Waals surface area contributed by atoms with Crippen LogP contribution in [0.25, 0.3) is 11.0 Å². The molecule has 1 saturated carbocycles. The Labute approximate surface area is 98.2 Å². The van der Waals surface area contributed by atoms with Crippen LogP contribution in [-0.4, -0.2) is 21.5 Å². The van der Waals surface area contributed by atoms with E-state index in [2.05, 4.69) is 15.0 Å². The Kier molecular flexibility index (Phi) is 2.16. The van der Waals surface area contributed by atoms with E-state index in [9.17, 15) is 0 Å². The summed E-state index contributed by atoms with van der Waals surface area (Å²) in [5.74, 6) is 0. The van der Waals surface area contributed by atoms with Crippen LogP contribution in [-0.2, 0) is 5.41 Å². The van der Waals surface area contributed by atoms with E-state index in [1.165, 1.54) is 18.3 Å². The van der Waals surface area contributed by atoms with Crippen molar-refractivity contribution in [3.63, 3.8) is 0 Å².